The lowest BCUT2D eigenvalue weighted by Gasteiger charge is -2.22. The summed E-state index contributed by atoms with van der Waals surface area (Å²) in [6.45, 7) is 0. The molecule has 0 fully saturated rings. The van der Waals surface area contributed by atoms with Crippen LogP contribution in [0.25, 0.3) is 0 Å². The number of alkyl halides is 4. The molecule has 2 aliphatic heterocycles. The van der Waals surface area contributed by atoms with Crippen LogP contribution in [0.5, 0.6) is 0 Å². The zero-order valence-corrected chi connectivity index (χ0v) is 17.5. The number of halogens is 4. The van der Waals surface area contributed by atoms with Gasteiger partial charge >= 0.3 is 11.8 Å². The zero-order valence-electron chi connectivity index (χ0n) is 17.5. The van der Waals surface area contributed by atoms with Gasteiger partial charge in [-0.2, -0.15) is 17.6 Å². The number of nitrogens with zero attached hydrogens (tertiary/aromatic N) is 5. The number of allylic oxidation sites excluding steroid dienone is 5. The van der Waals surface area contributed by atoms with Crippen molar-refractivity contribution in [2.24, 2.45) is 9.98 Å². The predicted octanol–water partition coefficient (Wildman–Crippen LogP) is 3.45. The molecule has 0 saturated heterocycles. The highest BCUT2D eigenvalue weighted by atomic mass is 19.3. The van der Waals surface area contributed by atoms with Gasteiger partial charge in [-0.1, -0.05) is 0 Å². The largest absolute Gasteiger partial charge is 0.505 e. The molecular formula is C23H14F4N6O2. The second-order valence-electron chi connectivity index (χ2n) is 7.51. The summed E-state index contributed by atoms with van der Waals surface area (Å²) >= 11 is 0. The van der Waals surface area contributed by atoms with Crippen molar-refractivity contribution in [3.63, 3.8) is 0 Å². The first kappa shape index (κ1) is 22.2. The van der Waals surface area contributed by atoms with Crippen LogP contribution in [0.4, 0.5) is 17.6 Å². The first-order valence-electron chi connectivity index (χ1n) is 10.1. The molecule has 4 heterocycles. The lowest BCUT2D eigenvalue weighted by atomic mass is 10.1. The molecule has 0 unspecified atom stereocenters. The smallest absolute Gasteiger partial charge is 0.380 e. The number of rotatable bonds is 3. The molecule has 5 rings (SSSR count). The van der Waals surface area contributed by atoms with Gasteiger partial charge < -0.3 is 15.3 Å². The number of aromatic nitrogens is 2. The first-order chi connectivity index (χ1) is 16.7. The Morgan fingerprint density at radius 1 is 0.829 bits per heavy atom. The summed E-state index contributed by atoms with van der Waals surface area (Å²) in [7, 11) is 0. The van der Waals surface area contributed by atoms with Crippen molar-refractivity contribution >= 4 is 17.5 Å². The van der Waals surface area contributed by atoms with Crippen LogP contribution in [0.15, 0.2) is 106 Å². The van der Waals surface area contributed by atoms with Crippen LogP contribution >= 0.6 is 0 Å². The highest BCUT2D eigenvalue weighted by Crippen LogP contribution is 2.48. The average molecular weight is 482 g/mol. The van der Waals surface area contributed by atoms with Crippen molar-refractivity contribution in [3.05, 3.63) is 108 Å². The third kappa shape index (κ3) is 3.59. The van der Waals surface area contributed by atoms with Gasteiger partial charge in [-0.05, 0) is 36.4 Å². The van der Waals surface area contributed by atoms with Gasteiger partial charge in [0.2, 0.25) is 0 Å². The zero-order chi connectivity index (χ0) is 24.8. The van der Waals surface area contributed by atoms with E-state index in [9.17, 15) is 27.5 Å². The quantitative estimate of drug-likeness (QED) is 0.650. The minimum atomic E-state index is -5.04. The third-order valence-electron chi connectivity index (χ3n) is 5.34. The molecule has 0 radical (unpaired) electrons. The van der Waals surface area contributed by atoms with Crippen molar-refractivity contribution in [2.45, 2.75) is 11.8 Å². The Morgan fingerprint density at radius 3 is 1.94 bits per heavy atom. The molecule has 0 amide bonds. The van der Waals surface area contributed by atoms with E-state index < -0.39 is 29.1 Å². The number of ketones is 1. The monoisotopic (exact) mass is 482 g/mol. The molecule has 3 aliphatic rings. The molecular weight excluding hydrogens is 468 g/mol. The summed E-state index contributed by atoms with van der Waals surface area (Å²) in [5.41, 5.74) is 0.611. The van der Waals surface area contributed by atoms with Crippen LogP contribution in [0.3, 0.4) is 0 Å². The van der Waals surface area contributed by atoms with E-state index in [-0.39, 0.29) is 0 Å². The van der Waals surface area contributed by atoms with Gasteiger partial charge in [-0.15, -0.1) is 0 Å². The Hall–Kier alpha value is -4.61. The van der Waals surface area contributed by atoms with E-state index in [1.807, 2.05) is 0 Å². The molecule has 12 heteroatoms. The summed E-state index contributed by atoms with van der Waals surface area (Å²) in [5.74, 6) is -13.1. The number of aliphatic imine (C=N–C) groups is 2. The van der Waals surface area contributed by atoms with Gasteiger partial charge in [-0.25, -0.2) is 9.98 Å². The van der Waals surface area contributed by atoms with Crippen LogP contribution < -0.4 is 5.32 Å². The molecule has 0 saturated carbocycles. The SMILES string of the molecule is O=C1C(N2C=CC(=C3N=C(c4ccncc4)N=C(c4ccncc4)N3)C=C2)=C(O)C(F)(F)C1(F)F. The topological polar surface area (TPSA) is 103 Å². The summed E-state index contributed by atoms with van der Waals surface area (Å²) in [4.78, 5) is 29.6. The Morgan fingerprint density at radius 2 is 1.40 bits per heavy atom. The van der Waals surface area contributed by atoms with Crippen LogP contribution in [-0.2, 0) is 4.79 Å². The number of pyridine rings is 2. The van der Waals surface area contributed by atoms with Crippen molar-refractivity contribution in [3.8, 4) is 0 Å². The van der Waals surface area contributed by atoms with Crippen molar-refractivity contribution in [2.75, 3.05) is 0 Å². The molecule has 2 aromatic heterocycles. The van der Waals surface area contributed by atoms with Crippen molar-refractivity contribution < 1.29 is 27.5 Å². The predicted molar refractivity (Wildman–Crippen MR) is 116 cm³/mol. The van der Waals surface area contributed by atoms with Gasteiger partial charge in [0.25, 0.3) is 5.78 Å². The maximum Gasteiger partial charge on any atom is 0.380 e. The summed E-state index contributed by atoms with van der Waals surface area (Å²) in [6, 6.07) is 6.91. The molecule has 1 aliphatic carbocycles. The molecule has 2 N–H and O–H groups in total. The third-order valence-corrected chi connectivity index (χ3v) is 5.34. The van der Waals surface area contributed by atoms with Crippen molar-refractivity contribution in [1.29, 1.82) is 0 Å². The number of amidine groups is 2. The minimum absolute atomic E-state index is 0.317. The van der Waals surface area contributed by atoms with E-state index in [0.717, 1.165) is 12.4 Å². The van der Waals surface area contributed by atoms with E-state index in [2.05, 4.69) is 25.3 Å². The number of aliphatic hydroxyl groups excluding tert-OH is 1. The summed E-state index contributed by atoms with van der Waals surface area (Å²) < 4.78 is 54.9. The number of Topliss-reactive ketones (excluding diaryl/α,β-unsaturated/α-hetero) is 1. The number of carbonyl (C=O) groups excluding carboxylic acids is 1. The second kappa shape index (κ2) is 8.01. The molecule has 35 heavy (non-hydrogen) atoms. The number of hydrogen-bond donors (Lipinski definition) is 2. The molecule has 0 atom stereocenters. The van der Waals surface area contributed by atoms with Gasteiger partial charge in [-0.3, -0.25) is 14.8 Å². The summed E-state index contributed by atoms with van der Waals surface area (Å²) in [6.07, 6.45) is 11.3. The average Bonchev–Trinajstić information content (AvgIpc) is 3.01. The molecule has 2 aromatic rings. The molecule has 176 valence electrons. The second-order valence-corrected chi connectivity index (χ2v) is 7.51. The van der Waals surface area contributed by atoms with Crippen LogP contribution in [0.2, 0.25) is 0 Å². The van der Waals surface area contributed by atoms with Crippen LogP contribution in [0, 0.1) is 0 Å². The van der Waals surface area contributed by atoms with Gasteiger partial charge in [0.15, 0.2) is 11.6 Å². The Bertz CT molecular complexity index is 1380. The number of nitrogens with one attached hydrogen (secondary N) is 1. The highest BCUT2D eigenvalue weighted by molar-refractivity contribution is 6.14. The van der Waals surface area contributed by atoms with E-state index in [4.69, 9.17) is 0 Å². The Labute approximate surface area is 195 Å². The fourth-order valence-corrected chi connectivity index (χ4v) is 3.49. The molecule has 0 bridgehead atoms. The molecule has 0 spiro atoms. The maximum atomic E-state index is 13.7. The number of hydrogen-bond acceptors (Lipinski definition) is 8. The minimum Gasteiger partial charge on any atom is -0.505 e. The lowest BCUT2D eigenvalue weighted by molar-refractivity contribution is -0.190. The summed E-state index contributed by atoms with van der Waals surface area (Å²) in [5, 5.41) is 12.7. The van der Waals surface area contributed by atoms with Crippen LogP contribution in [0.1, 0.15) is 11.1 Å². The molecule has 0 aromatic carbocycles. The highest BCUT2D eigenvalue weighted by Gasteiger charge is 2.72. The standard InChI is InChI=1S/C23H14F4N6O2/c24-22(25)17(34)16(18(35)23(22,26)27)33-11-5-15(6-12-33)21-31-19(13-1-7-28-8-2-13)30-20(32-21)14-3-9-29-10-4-14/h1-12,34H,(H,30,31,32). The van der Waals surface area contributed by atoms with E-state index in [1.54, 1.807) is 49.1 Å². The van der Waals surface area contributed by atoms with Crippen molar-refractivity contribution in [1.82, 2.24) is 20.2 Å². The van der Waals surface area contributed by atoms with Gasteiger partial charge in [0.1, 0.15) is 17.4 Å². The van der Waals surface area contributed by atoms with E-state index in [1.165, 1.54) is 12.2 Å². The Kier molecular flexibility index (Phi) is 5.08. The fourth-order valence-electron chi connectivity index (χ4n) is 3.49. The first-order valence-corrected chi connectivity index (χ1v) is 10.1. The van der Waals surface area contributed by atoms with Gasteiger partial charge in [0.05, 0.1) is 0 Å². The lowest BCUT2D eigenvalue weighted by Crippen LogP contribution is -2.43. The van der Waals surface area contributed by atoms with Gasteiger partial charge in [0, 0.05) is 53.9 Å². The maximum absolute atomic E-state index is 13.7. The molecule has 8 nitrogen and oxygen atoms in total. The van der Waals surface area contributed by atoms with E-state index >= 15 is 0 Å². The normalized spacial score (nSPS) is 20.7. The number of carbonyl (C=O) groups is 1. The fraction of sp³-hybridized carbons (Fsp3) is 0.0870. The Balaban J connectivity index is 1.52. The van der Waals surface area contributed by atoms with Crippen LogP contribution in [-0.4, -0.2) is 49.3 Å². The van der Waals surface area contributed by atoms with E-state index in [0.29, 0.717) is 39.1 Å². The number of aliphatic hydroxyl groups is 1.